The molecule has 1 aromatic rings. The fourth-order valence-corrected chi connectivity index (χ4v) is 2.96. The minimum atomic E-state index is -1.40. The molecular formula is C16H20N2O4. The van der Waals surface area contributed by atoms with Gasteiger partial charge in [0.15, 0.2) is 0 Å². The number of nitrogen functional groups attached to an aromatic ring is 1. The number of aliphatic carboxylic acids is 2. The molecule has 0 saturated heterocycles. The number of nitrogens with two attached hydrogens (primary N) is 2. The van der Waals surface area contributed by atoms with Crippen LogP contribution in [0.5, 0.6) is 0 Å². The van der Waals surface area contributed by atoms with Gasteiger partial charge in [0, 0.05) is 12.2 Å². The lowest BCUT2D eigenvalue weighted by Gasteiger charge is -2.38. The predicted molar refractivity (Wildman–Crippen MR) is 82.2 cm³/mol. The number of anilines is 1. The molecule has 1 aliphatic rings. The smallest absolute Gasteiger partial charge is 0.318 e. The summed E-state index contributed by atoms with van der Waals surface area (Å²) in [6.45, 7) is 1.82. The van der Waals surface area contributed by atoms with Gasteiger partial charge >= 0.3 is 11.9 Å². The number of hydrogen-bond donors (Lipinski definition) is 4. The van der Waals surface area contributed by atoms with Gasteiger partial charge in [-0.2, -0.15) is 0 Å². The topological polar surface area (TPSA) is 127 Å². The Morgan fingerprint density at radius 1 is 1.27 bits per heavy atom. The summed E-state index contributed by atoms with van der Waals surface area (Å²) in [7, 11) is 0. The van der Waals surface area contributed by atoms with E-state index < -0.39 is 22.8 Å². The Kier molecular flexibility index (Phi) is 3.98. The van der Waals surface area contributed by atoms with Crippen molar-refractivity contribution in [1.29, 1.82) is 0 Å². The lowest BCUT2D eigenvalue weighted by atomic mass is 9.63. The Labute approximate surface area is 128 Å². The van der Waals surface area contributed by atoms with Crippen molar-refractivity contribution in [3.63, 3.8) is 0 Å². The predicted octanol–water partition coefficient (Wildman–Crippen LogP) is 1.49. The van der Waals surface area contributed by atoms with Crippen LogP contribution in [0.4, 0.5) is 5.69 Å². The molecule has 1 aromatic carbocycles. The van der Waals surface area contributed by atoms with E-state index in [2.05, 4.69) is 0 Å². The third-order valence-corrected chi connectivity index (χ3v) is 4.42. The zero-order valence-corrected chi connectivity index (χ0v) is 12.4. The highest BCUT2D eigenvalue weighted by molar-refractivity contribution is 5.87. The molecule has 0 heterocycles. The monoisotopic (exact) mass is 304 g/mol. The molecule has 2 rings (SSSR count). The van der Waals surface area contributed by atoms with Crippen LogP contribution in [0.15, 0.2) is 30.4 Å². The van der Waals surface area contributed by atoms with Gasteiger partial charge in [0.1, 0.15) is 5.41 Å². The Morgan fingerprint density at radius 3 is 2.45 bits per heavy atom. The molecule has 22 heavy (non-hydrogen) atoms. The maximum Gasteiger partial charge on any atom is 0.318 e. The van der Waals surface area contributed by atoms with Crippen LogP contribution in [0.3, 0.4) is 0 Å². The van der Waals surface area contributed by atoms with Gasteiger partial charge in [-0.15, -0.1) is 0 Å². The quantitative estimate of drug-likeness (QED) is 0.493. The van der Waals surface area contributed by atoms with Crippen molar-refractivity contribution in [2.24, 2.45) is 11.1 Å². The minimum absolute atomic E-state index is 0.0252. The van der Waals surface area contributed by atoms with E-state index in [0.717, 1.165) is 5.56 Å². The van der Waals surface area contributed by atoms with E-state index in [1.807, 2.05) is 0 Å². The summed E-state index contributed by atoms with van der Waals surface area (Å²) in [5, 5.41) is 19.2. The van der Waals surface area contributed by atoms with E-state index in [0.29, 0.717) is 17.7 Å². The molecule has 2 unspecified atom stereocenters. The number of hydrogen-bond acceptors (Lipinski definition) is 4. The molecule has 0 saturated carbocycles. The molecule has 0 radical (unpaired) electrons. The molecule has 6 nitrogen and oxygen atoms in total. The standard InChI is InChI=1S/C16H20N2O4/c1-15(13(19)20)5-2-6-16(9-15,14(21)22)11-4-3-10(8-17)12(18)7-11/h2-4,6-7H,5,8-9,17-18H2,1H3,(H,19,20)(H,21,22). The molecule has 0 amide bonds. The maximum absolute atomic E-state index is 11.9. The number of benzene rings is 1. The number of rotatable bonds is 4. The third kappa shape index (κ3) is 2.46. The van der Waals surface area contributed by atoms with E-state index in [-0.39, 0.29) is 13.0 Å². The van der Waals surface area contributed by atoms with E-state index in [1.165, 1.54) is 0 Å². The molecule has 0 spiro atoms. The Morgan fingerprint density at radius 2 is 1.95 bits per heavy atom. The van der Waals surface area contributed by atoms with Crippen molar-refractivity contribution in [3.05, 3.63) is 41.5 Å². The second kappa shape index (κ2) is 5.46. The second-order valence-electron chi connectivity index (χ2n) is 6.04. The van der Waals surface area contributed by atoms with Crippen LogP contribution in [0.2, 0.25) is 0 Å². The minimum Gasteiger partial charge on any atom is -0.481 e. The summed E-state index contributed by atoms with van der Waals surface area (Å²) in [5.41, 5.74) is 10.6. The Bertz CT molecular complexity index is 656. The van der Waals surface area contributed by atoms with Crippen molar-refractivity contribution in [3.8, 4) is 0 Å². The SMILES string of the molecule is CC1(C(=O)O)CC=CC(C(=O)O)(c2ccc(CN)c(N)c2)C1. The van der Waals surface area contributed by atoms with Crippen molar-refractivity contribution < 1.29 is 19.8 Å². The third-order valence-electron chi connectivity index (χ3n) is 4.42. The molecule has 1 aliphatic carbocycles. The van der Waals surface area contributed by atoms with Gasteiger partial charge in [0.05, 0.1) is 5.41 Å². The number of carboxylic acids is 2. The van der Waals surface area contributed by atoms with Gasteiger partial charge in [-0.3, -0.25) is 9.59 Å². The Hall–Kier alpha value is -2.34. The van der Waals surface area contributed by atoms with Gasteiger partial charge in [-0.1, -0.05) is 24.3 Å². The first kappa shape index (κ1) is 16.0. The van der Waals surface area contributed by atoms with E-state index in [9.17, 15) is 19.8 Å². The largest absolute Gasteiger partial charge is 0.481 e. The highest BCUT2D eigenvalue weighted by Crippen LogP contribution is 2.45. The fraction of sp³-hybridized carbons (Fsp3) is 0.375. The fourth-order valence-electron chi connectivity index (χ4n) is 2.96. The summed E-state index contributed by atoms with van der Waals surface area (Å²) in [5.74, 6) is -2.09. The first-order valence-electron chi connectivity index (χ1n) is 6.98. The molecule has 0 fully saturated rings. The summed E-state index contributed by atoms with van der Waals surface area (Å²) < 4.78 is 0. The molecule has 6 N–H and O–H groups in total. The second-order valence-corrected chi connectivity index (χ2v) is 6.04. The van der Waals surface area contributed by atoms with Crippen LogP contribution in [-0.4, -0.2) is 22.2 Å². The van der Waals surface area contributed by atoms with E-state index in [4.69, 9.17) is 11.5 Å². The summed E-state index contributed by atoms with van der Waals surface area (Å²) >= 11 is 0. The lowest BCUT2D eigenvalue weighted by molar-refractivity contribution is -0.152. The van der Waals surface area contributed by atoms with E-state index >= 15 is 0 Å². The van der Waals surface area contributed by atoms with Crippen LogP contribution in [-0.2, 0) is 21.5 Å². The molecule has 0 aliphatic heterocycles. The summed E-state index contributed by atoms with van der Waals surface area (Å²) in [6.07, 6.45) is 3.46. The molecular weight excluding hydrogens is 284 g/mol. The first-order valence-corrected chi connectivity index (χ1v) is 6.98. The Balaban J connectivity index is 2.57. The lowest BCUT2D eigenvalue weighted by Crippen LogP contribution is -2.44. The number of carboxylic acid groups (broad SMARTS) is 2. The normalized spacial score (nSPS) is 27.5. The molecule has 2 atom stereocenters. The zero-order chi connectivity index (χ0) is 16.5. The maximum atomic E-state index is 11.9. The van der Waals surface area contributed by atoms with Gasteiger partial charge in [0.25, 0.3) is 0 Å². The van der Waals surface area contributed by atoms with Gasteiger partial charge in [-0.25, -0.2) is 0 Å². The van der Waals surface area contributed by atoms with Crippen LogP contribution in [0, 0.1) is 5.41 Å². The van der Waals surface area contributed by atoms with Gasteiger partial charge in [0.2, 0.25) is 0 Å². The number of allylic oxidation sites excluding steroid dienone is 1. The van der Waals surface area contributed by atoms with Crippen molar-refractivity contribution in [1.82, 2.24) is 0 Å². The average molecular weight is 304 g/mol. The van der Waals surface area contributed by atoms with Crippen molar-refractivity contribution >= 4 is 17.6 Å². The van der Waals surface area contributed by atoms with Gasteiger partial charge < -0.3 is 21.7 Å². The van der Waals surface area contributed by atoms with Crippen LogP contribution in [0.25, 0.3) is 0 Å². The highest BCUT2D eigenvalue weighted by Gasteiger charge is 2.49. The van der Waals surface area contributed by atoms with Crippen LogP contribution < -0.4 is 11.5 Å². The average Bonchev–Trinajstić information content (AvgIpc) is 2.46. The molecule has 6 heteroatoms. The molecule has 0 aromatic heterocycles. The van der Waals surface area contributed by atoms with E-state index in [1.54, 1.807) is 37.3 Å². The molecule has 118 valence electrons. The van der Waals surface area contributed by atoms with Crippen molar-refractivity contribution in [2.75, 3.05) is 5.73 Å². The number of carbonyl (C=O) groups is 2. The van der Waals surface area contributed by atoms with Crippen LogP contribution >= 0.6 is 0 Å². The van der Waals surface area contributed by atoms with Crippen molar-refractivity contribution in [2.45, 2.75) is 31.7 Å². The molecule has 0 bridgehead atoms. The first-order chi connectivity index (χ1) is 10.2. The zero-order valence-electron chi connectivity index (χ0n) is 12.4. The highest BCUT2D eigenvalue weighted by atomic mass is 16.4. The van der Waals surface area contributed by atoms with Gasteiger partial charge in [-0.05, 0) is 37.0 Å². The summed E-state index contributed by atoms with van der Waals surface area (Å²) in [6, 6.07) is 4.93. The van der Waals surface area contributed by atoms with Crippen LogP contribution in [0.1, 0.15) is 30.9 Å². The summed E-state index contributed by atoms with van der Waals surface area (Å²) in [4.78, 5) is 23.5.